The molecule has 0 spiro atoms. The first-order valence-corrected chi connectivity index (χ1v) is 6.82. The van der Waals surface area contributed by atoms with Crippen molar-refractivity contribution in [3.05, 3.63) is 75.7 Å². The molecule has 0 bridgehead atoms. The summed E-state index contributed by atoms with van der Waals surface area (Å²) in [4.78, 5) is 14.3. The highest BCUT2D eigenvalue weighted by Crippen LogP contribution is 2.19. The van der Waals surface area contributed by atoms with Crippen molar-refractivity contribution in [2.45, 2.75) is 6.54 Å². The van der Waals surface area contributed by atoms with Crippen molar-refractivity contribution < 1.29 is 8.78 Å². The van der Waals surface area contributed by atoms with Crippen LogP contribution in [0.5, 0.6) is 0 Å². The number of fused-ring (bicyclic) bond motifs is 1. The quantitative estimate of drug-likeness (QED) is 0.780. The predicted molar refractivity (Wildman–Crippen MR) is 83.0 cm³/mol. The van der Waals surface area contributed by atoms with Gasteiger partial charge in [0.1, 0.15) is 17.7 Å². The van der Waals surface area contributed by atoms with Gasteiger partial charge in [0, 0.05) is 18.4 Å². The van der Waals surface area contributed by atoms with Gasteiger partial charge in [0.25, 0.3) is 5.56 Å². The highest BCUT2D eigenvalue weighted by atomic mass is 19.1. The van der Waals surface area contributed by atoms with E-state index in [4.69, 9.17) is 5.26 Å². The predicted octanol–water partition coefficient (Wildman–Crippen LogP) is 3.29. The minimum absolute atomic E-state index is 0.0524. The first-order chi connectivity index (χ1) is 11.1. The molecule has 1 heterocycles. The van der Waals surface area contributed by atoms with E-state index in [1.807, 2.05) is 0 Å². The van der Waals surface area contributed by atoms with E-state index < -0.39 is 11.6 Å². The SMILES string of the molecule is N#Cc1cc(NCc2c[nH]c(=O)c3cc(F)ccc23)ccc1F. The van der Waals surface area contributed by atoms with Crippen LogP contribution in [0.4, 0.5) is 14.5 Å². The van der Waals surface area contributed by atoms with Crippen molar-refractivity contribution in [2.24, 2.45) is 0 Å². The number of nitriles is 1. The minimum atomic E-state index is -0.581. The van der Waals surface area contributed by atoms with Gasteiger partial charge in [-0.3, -0.25) is 4.79 Å². The Bertz CT molecular complexity index is 989. The van der Waals surface area contributed by atoms with Gasteiger partial charge in [0.2, 0.25) is 0 Å². The van der Waals surface area contributed by atoms with Crippen LogP contribution in [0.3, 0.4) is 0 Å². The number of pyridine rings is 1. The van der Waals surface area contributed by atoms with Crippen molar-refractivity contribution in [1.82, 2.24) is 4.98 Å². The number of rotatable bonds is 3. The fourth-order valence-corrected chi connectivity index (χ4v) is 2.36. The van der Waals surface area contributed by atoms with Crippen LogP contribution in [0.15, 0.2) is 47.4 Å². The second-order valence-corrected chi connectivity index (χ2v) is 4.99. The standard InChI is InChI=1S/C17H11F2N3O/c18-12-1-3-14-11(9-22-17(23)15(14)6-12)8-21-13-2-4-16(19)10(5-13)7-20/h1-6,9,21H,8H2,(H,22,23). The molecule has 1 aromatic heterocycles. The lowest BCUT2D eigenvalue weighted by atomic mass is 10.1. The average Bonchev–Trinajstić information content (AvgIpc) is 2.56. The fraction of sp³-hybridized carbons (Fsp3) is 0.0588. The number of aromatic nitrogens is 1. The largest absolute Gasteiger partial charge is 0.381 e. The third-order valence-electron chi connectivity index (χ3n) is 3.52. The number of H-pyrrole nitrogens is 1. The summed E-state index contributed by atoms with van der Waals surface area (Å²) in [5.41, 5.74) is 0.909. The number of anilines is 1. The summed E-state index contributed by atoms with van der Waals surface area (Å²) in [6.07, 6.45) is 1.55. The molecule has 0 fully saturated rings. The molecule has 0 unspecified atom stereocenters. The highest BCUT2D eigenvalue weighted by Gasteiger charge is 2.07. The molecular formula is C17H11F2N3O. The van der Waals surface area contributed by atoms with Gasteiger partial charge in [-0.1, -0.05) is 6.07 Å². The maximum atomic E-state index is 13.3. The Morgan fingerprint density at radius 2 is 1.96 bits per heavy atom. The molecule has 0 saturated heterocycles. The molecule has 23 heavy (non-hydrogen) atoms. The molecular weight excluding hydrogens is 300 g/mol. The molecule has 3 rings (SSSR count). The Hall–Kier alpha value is -3.20. The second kappa shape index (κ2) is 5.89. The van der Waals surface area contributed by atoms with Gasteiger partial charge in [-0.15, -0.1) is 0 Å². The van der Waals surface area contributed by atoms with Crippen molar-refractivity contribution >= 4 is 16.5 Å². The zero-order chi connectivity index (χ0) is 16.4. The Labute approximate surface area is 130 Å². The molecule has 0 amide bonds. The molecule has 3 aromatic rings. The Balaban J connectivity index is 1.92. The number of nitrogens with zero attached hydrogens (tertiary/aromatic N) is 1. The summed E-state index contributed by atoms with van der Waals surface area (Å²) < 4.78 is 26.6. The van der Waals surface area contributed by atoms with Gasteiger partial charge >= 0.3 is 0 Å². The van der Waals surface area contributed by atoms with E-state index in [-0.39, 0.29) is 16.5 Å². The molecule has 0 aliphatic carbocycles. The molecule has 114 valence electrons. The van der Waals surface area contributed by atoms with Crippen LogP contribution in [-0.4, -0.2) is 4.98 Å². The van der Waals surface area contributed by atoms with Crippen LogP contribution in [0.1, 0.15) is 11.1 Å². The molecule has 6 heteroatoms. The van der Waals surface area contributed by atoms with Crippen LogP contribution in [-0.2, 0) is 6.54 Å². The molecule has 4 nitrogen and oxygen atoms in total. The van der Waals surface area contributed by atoms with E-state index in [9.17, 15) is 13.6 Å². The Kier molecular flexibility index (Phi) is 3.77. The van der Waals surface area contributed by atoms with Crippen LogP contribution in [0.25, 0.3) is 10.8 Å². The van der Waals surface area contributed by atoms with Crippen molar-refractivity contribution in [3.63, 3.8) is 0 Å². The van der Waals surface area contributed by atoms with Crippen LogP contribution in [0.2, 0.25) is 0 Å². The summed E-state index contributed by atoms with van der Waals surface area (Å²) in [6.45, 7) is 0.329. The maximum absolute atomic E-state index is 13.3. The van der Waals surface area contributed by atoms with E-state index in [1.165, 1.54) is 30.3 Å². The van der Waals surface area contributed by atoms with E-state index in [0.29, 0.717) is 17.6 Å². The third-order valence-corrected chi connectivity index (χ3v) is 3.52. The minimum Gasteiger partial charge on any atom is -0.381 e. The Morgan fingerprint density at radius 1 is 1.13 bits per heavy atom. The third kappa shape index (κ3) is 2.90. The molecule has 0 radical (unpaired) electrons. The number of benzene rings is 2. The topological polar surface area (TPSA) is 68.7 Å². The van der Waals surface area contributed by atoms with Gasteiger partial charge in [-0.05, 0) is 41.3 Å². The van der Waals surface area contributed by atoms with Crippen LogP contribution < -0.4 is 10.9 Å². The van der Waals surface area contributed by atoms with E-state index >= 15 is 0 Å². The molecule has 0 aliphatic rings. The van der Waals surface area contributed by atoms with Gasteiger partial charge < -0.3 is 10.3 Å². The monoisotopic (exact) mass is 311 g/mol. The summed E-state index contributed by atoms with van der Waals surface area (Å²) in [6, 6.07) is 9.92. The summed E-state index contributed by atoms with van der Waals surface area (Å²) in [5, 5.41) is 12.8. The highest BCUT2D eigenvalue weighted by molar-refractivity contribution is 5.84. The normalized spacial score (nSPS) is 10.5. The summed E-state index contributed by atoms with van der Waals surface area (Å²) >= 11 is 0. The maximum Gasteiger partial charge on any atom is 0.255 e. The molecule has 2 N–H and O–H groups in total. The van der Waals surface area contributed by atoms with Crippen molar-refractivity contribution in [3.8, 4) is 6.07 Å². The molecule has 0 atom stereocenters. The second-order valence-electron chi connectivity index (χ2n) is 4.99. The number of aromatic amines is 1. The van der Waals surface area contributed by atoms with Crippen LogP contribution in [0, 0.1) is 23.0 Å². The number of nitrogens with one attached hydrogen (secondary N) is 2. The van der Waals surface area contributed by atoms with E-state index in [0.717, 1.165) is 5.56 Å². The van der Waals surface area contributed by atoms with Crippen LogP contribution >= 0.6 is 0 Å². The van der Waals surface area contributed by atoms with Gasteiger partial charge in [0.05, 0.1) is 10.9 Å². The summed E-state index contributed by atoms with van der Waals surface area (Å²) in [7, 11) is 0. The van der Waals surface area contributed by atoms with E-state index in [2.05, 4.69) is 10.3 Å². The lowest BCUT2D eigenvalue weighted by molar-refractivity contribution is 0.624. The van der Waals surface area contributed by atoms with Crippen molar-refractivity contribution in [2.75, 3.05) is 5.32 Å². The van der Waals surface area contributed by atoms with E-state index in [1.54, 1.807) is 18.3 Å². The fourth-order valence-electron chi connectivity index (χ4n) is 2.36. The number of hydrogen-bond acceptors (Lipinski definition) is 3. The zero-order valence-corrected chi connectivity index (χ0v) is 11.9. The molecule has 2 aromatic carbocycles. The van der Waals surface area contributed by atoms with Gasteiger partial charge in [0.15, 0.2) is 0 Å². The number of hydrogen-bond donors (Lipinski definition) is 2. The smallest absolute Gasteiger partial charge is 0.255 e. The molecule has 0 saturated carbocycles. The Morgan fingerprint density at radius 3 is 2.74 bits per heavy atom. The lowest BCUT2D eigenvalue weighted by Gasteiger charge is -2.09. The average molecular weight is 311 g/mol. The number of halogens is 2. The first-order valence-electron chi connectivity index (χ1n) is 6.82. The summed E-state index contributed by atoms with van der Waals surface area (Å²) in [5.74, 6) is -1.06. The molecule has 0 aliphatic heterocycles. The lowest BCUT2D eigenvalue weighted by Crippen LogP contribution is -2.10. The zero-order valence-electron chi connectivity index (χ0n) is 11.9. The van der Waals surface area contributed by atoms with Crippen molar-refractivity contribution in [1.29, 1.82) is 5.26 Å². The van der Waals surface area contributed by atoms with Gasteiger partial charge in [-0.2, -0.15) is 5.26 Å². The van der Waals surface area contributed by atoms with Gasteiger partial charge in [-0.25, -0.2) is 8.78 Å². The first kappa shape index (κ1) is 14.7.